The summed E-state index contributed by atoms with van der Waals surface area (Å²) in [6.07, 6.45) is 1.90. The number of carboxylic acids is 1. The van der Waals surface area contributed by atoms with Gasteiger partial charge in [0.2, 0.25) is 0 Å². The third kappa shape index (κ3) is 8.55. The highest BCUT2D eigenvalue weighted by Crippen LogP contribution is 2.01. The highest BCUT2D eigenvalue weighted by molar-refractivity contribution is 7.99. The number of nitrogens with zero attached hydrogens (tertiary/aromatic N) is 1. The maximum absolute atomic E-state index is 10.4. The van der Waals surface area contributed by atoms with Gasteiger partial charge >= 0.3 is 5.97 Å². The first-order valence-electron chi connectivity index (χ1n) is 5.42. The molecule has 0 radical (unpaired) electrons. The van der Waals surface area contributed by atoms with Crippen molar-refractivity contribution < 1.29 is 9.90 Å². The zero-order valence-corrected chi connectivity index (χ0v) is 10.5. The number of hydrogen-bond acceptors (Lipinski definition) is 4. The molecule has 6 heteroatoms. The third-order valence-electron chi connectivity index (χ3n) is 2.01. The molecule has 0 heterocycles. The highest BCUT2D eigenvalue weighted by atomic mass is 32.2. The maximum atomic E-state index is 10.4. The van der Waals surface area contributed by atoms with Crippen LogP contribution in [-0.4, -0.2) is 41.0 Å². The first-order valence-corrected chi connectivity index (χ1v) is 6.58. The minimum absolute atomic E-state index is 0.440. The summed E-state index contributed by atoms with van der Waals surface area (Å²) in [5, 5.41) is 8.55. The quantitative estimate of drug-likeness (QED) is 0.316. The van der Waals surface area contributed by atoms with Crippen LogP contribution in [0.5, 0.6) is 0 Å². The molecular formula is C10H21N3O2S. The zero-order chi connectivity index (χ0) is 12.4. The van der Waals surface area contributed by atoms with Crippen LogP contribution < -0.4 is 11.5 Å². The molecule has 0 aliphatic heterocycles. The Bertz CT molecular complexity index is 234. The molecule has 5 N–H and O–H groups in total. The van der Waals surface area contributed by atoms with Gasteiger partial charge in [0.05, 0.1) is 5.84 Å². The fraction of sp³-hybridized carbons (Fsp3) is 0.800. The minimum atomic E-state index is -0.962. The Kier molecular flexibility index (Phi) is 9.03. The normalized spacial score (nSPS) is 13.8. The van der Waals surface area contributed by atoms with Crippen LogP contribution in [0.1, 0.15) is 26.2 Å². The molecular weight excluding hydrogens is 226 g/mol. The molecule has 0 rings (SSSR count). The molecule has 16 heavy (non-hydrogen) atoms. The van der Waals surface area contributed by atoms with E-state index in [1.54, 1.807) is 0 Å². The van der Waals surface area contributed by atoms with Gasteiger partial charge in [0.15, 0.2) is 0 Å². The van der Waals surface area contributed by atoms with E-state index in [1.807, 2.05) is 11.8 Å². The molecule has 0 unspecified atom stereocenters. The number of aliphatic imine (C=N–C) groups is 1. The summed E-state index contributed by atoms with van der Waals surface area (Å²) in [4.78, 5) is 14.6. The van der Waals surface area contributed by atoms with Crippen LogP contribution in [0, 0.1) is 0 Å². The Morgan fingerprint density at radius 1 is 1.56 bits per heavy atom. The van der Waals surface area contributed by atoms with Crippen molar-refractivity contribution in [1.29, 1.82) is 0 Å². The van der Waals surface area contributed by atoms with Crippen molar-refractivity contribution in [1.82, 2.24) is 0 Å². The fourth-order valence-electron chi connectivity index (χ4n) is 1.06. The lowest BCUT2D eigenvalue weighted by Crippen LogP contribution is -2.30. The summed E-state index contributed by atoms with van der Waals surface area (Å²) in [6.45, 7) is 2.66. The molecule has 0 fully saturated rings. The summed E-state index contributed by atoms with van der Waals surface area (Å²) >= 11 is 1.83. The number of nitrogens with two attached hydrogens (primary N) is 2. The fourth-order valence-corrected chi connectivity index (χ4v) is 1.70. The van der Waals surface area contributed by atoms with Crippen molar-refractivity contribution in [3.05, 3.63) is 0 Å². The van der Waals surface area contributed by atoms with Crippen LogP contribution in [0.3, 0.4) is 0 Å². The summed E-state index contributed by atoms with van der Waals surface area (Å²) in [5.41, 5.74) is 11.0. The van der Waals surface area contributed by atoms with Gasteiger partial charge in [-0.05, 0) is 18.6 Å². The van der Waals surface area contributed by atoms with E-state index in [2.05, 4.69) is 11.9 Å². The van der Waals surface area contributed by atoms with Crippen molar-refractivity contribution in [2.24, 2.45) is 16.5 Å². The van der Waals surface area contributed by atoms with Crippen molar-refractivity contribution in [2.45, 2.75) is 32.2 Å². The van der Waals surface area contributed by atoms with Crippen LogP contribution in [0.25, 0.3) is 0 Å². The average molecular weight is 247 g/mol. The van der Waals surface area contributed by atoms with Gasteiger partial charge in [0.1, 0.15) is 6.04 Å². The Labute approximate surface area is 101 Å². The van der Waals surface area contributed by atoms with E-state index in [0.29, 0.717) is 25.2 Å². The number of thioether (sulfide) groups is 1. The number of carbonyl (C=O) groups is 1. The van der Waals surface area contributed by atoms with Crippen molar-refractivity contribution >= 4 is 23.6 Å². The highest BCUT2D eigenvalue weighted by Gasteiger charge is 2.09. The zero-order valence-electron chi connectivity index (χ0n) is 9.69. The Morgan fingerprint density at radius 2 is 2.25 bits per heavy atom. The summed E-state index contributed by atoms with van der Waals surface area (Å²) in [7, 11) is 0. The summed E-state index contributed by atoms with van der Waals surface area (Å²) in [6, 6.07) is -0.785. The lowest BCUT2D eigenvalue weighted by Gasteiger charge is -2.04. The molecule has 0 bridgehead atoms. The Morgan fingerprint density at radius 3 is 2.81 bits per heavy atom. The largest absolute Gasteiger partial charge is 0.480 e. The molecule has 94 valence electrons. The number of rotatable bonds is 9. The minimum Gasteiger partial charge on any atom is -0.480 e. The predicted octanol–water partition coefficient (Wildman–Crippen LogP) is 0.679. The second kappa shape index (κ2) is 9.47. The molecule has 0 saturated carbocycles. The van der Waals surface area contributed by atoms with Crippen LogP contribution in [0.4, 0.5) is 0 Å². The number of carboxylic acid groups (broad SMARTS) is 1. The average Bonchev–Trinajstić information content (AvgIpc) is 2.24. The van der Waals surface area contributed by atoms with E-state index in [1.165, 1.54) is 0 Å². The Hall–Kier alpha value is -0.750. The van der Waals surface area contributed by atoms with E-state index < -0.39 is 12.0 Å². The standard InChI is InChI=1S/C10H21N3O2S/c1-2-16-7-5-9(12)13-6-3-4-8(11)10(14)15/h8H,2-7,11H2,1H3,(H2,12,13)(H,14,15)/t8-/m0/s1. The molecule has 0 saturated heterocycles. The molecule has 0 aromatic carbocycles. The maximum Gasteiger partial charge on any atom is 0.320 e. The van der Waals surface area contributed by atoms with E-state index >= 15 is 0 Å². The first kappa shape index (κ1) is 15.2. The molecule has 0 aromatic rings. The lowest BCUT2D eigenvalue weighted by atomic mass is 10.2. The van der Waals surface area contributed by atoms with Crippen molar-refractivity contribution in [2.75, 3.05) is 18.1 Å². The van der Waals surface area contributed by atoms with Crippen LogP contribution in [-0.2, 0) is 4.79 Å². The van der Waals surface area contributed by atoms with Gasteiger partial charge in [-0.25, -0.2) is 0 Å². The van der Waals surface area contributed by atoms with Crippen molar-refractivity contribution in [3.8, 4) is 0 Å². The monoisotopic (exact) mass is 247 g/mol. The predicted molar refractivity (Wildman–Crippen MR) is 69.0 cm³/mol. The molecule has 5 nitrogen and oxygen atoms in total. The topological polar surface area (TPSA) is 102 Å². The number of amidine groups is 1. The van der Waals surface area contributed by atoms with Gasteiger partial charge in [-0.1, -0.05) is 6.92 Å². The van der Waals surface area contributed by atoms with Gasteiger partial charge in [-0.2, -0.15) is 11.8 Å². The van der Waals surface area contributed by atoms with Gasteiger partial charge < -0.3 is 16.6 Å². The number of aliphatic carboxylic acids is 1. The third-order valence-corrected chi connectivity index (χ3v) is 2.91. The van der Waals surface area contributed by atoms with E-state index in [4.69, 9.17) is 16.6 Å². The van der Waals surface area contributed by atoms with Gasteiger partial charge in [0, 0.05) is 18.7 Å². The molecule has 0 aliphatic carbocycles. The molecule has 0 amide bonds. The number of hydrogen-bond donors (Lipinski definition) is 3. The van der Waals surface area contributed by atoms with Gasteiger partial charge in [0.25, 0.3) is 0 Å². The van der Waals surface area contributed by atoms with Gasteiger partial charge in [-0.3, -0.25) is 9.79 Å². The molecule has 1 atom stereocenters. The van der Waals surface area contributed by atoms with Gasteiger partial charge in [-0.15, -0.1) is 0 Å². The molecule has 0 aliphatic rings. The molecule has 0 spiro atoms. The lowest BCUT2D eigenvalue weighted by molar-refractivity contribution is -0.138. The smallest absolute Gasteiger partial charge is 0.320 e. The second-order valence-corrected chi connectivity index (χ2v) is 4.80. The molecule has 0 aromatic heterocycles. The van der Waals surface area contributed by atoms with E-state index in [0.717, 1.165) is 17.9 Å². The summed E-state index contributed by atoms with van der Waals surface area (Å²) < 4.78 is 0. The van der Waals surface area contributed by atoms with Crippen LogP contribution in [0.15, 0.2) is 4.99 Å². The van der Waals surface area contributed by atoms with E-state index in [-0.39, 0.29) is 0 Å². The first-order chi connectivity index (χ1) is 7.57. The van der Waals surface area contributed by atoms with Crippen molar-refractivity contribution in [3.63, 3.8) is 0 Å². The second-order valence-electron chi connectivity index (χ2n) is 3.41. The van der Waals surface area contributed by atoms with Crippen LogP contribution >= 0.6 is 11.8 Å². The summed E-state index contributed by atoms with van der Waals surface area (Å²) in [5.74, 6) is 1.75. The Balaban J connectivity index is 3.54. The van der Waals surface area contributed by atoms with E-state index in [9.17, 15) is 4.79 Å². The SMILES string of the molecule is CCSCCC(N)=NCCC[C@H](N)C(=O)O. The van der Waals surface area contributed by atoms with Crippen LogP contribution in [0.2, 0.25) is 0 Å².